The van der Waals surface area contributed by atoms with E-state index in [1.54, 1.807) is 6.08 Å². The second kappa shape index (κ2) is 10.1. The second-order valence-corrected chi connectivity index (χ2v) is 8.46. The third-order valence-electron chi connectivity index (χ3n) is 4.34. The number of nitrogens with one attached hydrogen (secondary N) is 3. The Morgan fingerprint density at radius 1 is 1.41 bits per heavy atom. The number of allylic oxidation sites excluding steroid dienone is 1. The number of hydrogen-bond donors (Lipinski definition) is 3. The molecule has 0 aromatic carbocycles. The van der Waals surface area contributed by atoms with Crippen LogP contribution in [0.3, 0.4) is 0 Å². The van der Waals surface area contributed by atoms with Crippen LogP contribution < -0.4 is 16.1 Å². The number of aromatic nitrogens is 1. The maximum atomic E-state index is 13.4. The molecule has 146 valence electrons. The van der Waals surface area contributed by atoms with Gasteiger partial charge in [-0.15, -0.1) is 11.8 Å². The van der Waals surface area contributed by atoms with Crippen LogP contribution in [0.4, 0.5) is 10.2 Å². The fourth-order valence-corrected chi connectivity index (χ4v) is 5.08. The second-order valence-electron chi connectivity index (χ2n) is 6.23. The lowest BCUT2D eigenvalue weighted by Crippen LogP contribution is -2.20. The molecule has 1 aromatic heterocycles. The molecule has 4 nitrogen and oxygen atoms in total. The third kappa shape index (κ3) is 5.46. The van der Waals surface area contributed by atoms with Crippen LogP contribution >= 0.6 is 27.7 Å². The number of alkyl halides is 1. The Bertz CT molecular complexity index is 818. The van der Waals surface area contributed by atoms with Crippen molar-refractivity contribution >= 4 is 45.7 Å². The number of pyridine rings is 1. The summed E-state index contributed by atoms with van der Waals surface area (Å²) in [7, 11) is 0. The van der Waals surface area contributed by atoms with Crippen molar-refractivity contribution in [1.29, 1.82) is 0 Å². The quantitative estimate of drug-likeness (QED) is 0.355. The number of hydrogen-bond acceptors (Lipinski definition) is 4. The Kier molecular flexibility index (Phi) is 8.13. The predicted octanol–water partition coefficient (Wildman–Crippen LogP) is 4.69. The van der Waals surface area contributed by atoms with Crippen molar-refractivity contribution < 1.29 is 4.39 Å². The highest BCUT2D eigenvalue weighted by Gasteiger charge is 2.33. The van der Waals surface area contributed by atoms with Crippen LogP contribution in [0.15, 0.2) is 46.9 Å². The van der Waals surface area contributed by atoms with E-state index in [0.717, 1.165) is 23.4 Å². The molecule has 1 aliphatic heterocycles. The standard InChI is InChI=1S/C20H25BrFN3OS/c1-5-14-15(6-2)25-18(10-16(14)26)24-9-7-8-23-11-17-12(3)19(21)20(27-17)13(4)22/h5-6,10,19-20,23H,1-2,4,7-9,11H2,3H3,(H2,24,25,26). The Hall–Kier alpha value is -1.57. The summed E-state index contributed by atoms with van der Waals surface area (Å²) in [4.78, 5) is 16.3. The maximum absolute atomic E-state index is 13.4. The van der Waals surface area contributed by atoms with Gasteiger partial charge >= 0.3 is 0 Å². The van der Waals surface area contributed by atoms with Crippen LogP contribution in [0, 0.1) is 0 Å². The zero-order valence-corrected chi connectivity index (χ0v) is 17.8. The summed E-state index contributed by atoms with van der Waals surface area (Å²) in [5.74, 6) is 0.368. The van der Waals surface area contributed by atoms with Gasteiger partial charge in [0.25, 0.3) is 0 Å². The SMILES string of the molecule is C=Cc1[nH]c(NCCCNCC2=C(C)C(Br)C(C(=C)F)S2)cc(=O)c1C=C. The molecular formula is C20H25BrFN3OS. The highest BCUT2D eigenvalue weighted by molar-refractivity contribution is 9.09. The Morgan fingerprint density at radius 2 is 2.15 bits per heavy atom. The van der Waals surface area contributed by atoms with Gasteiger partial charge in [0.2, 0.25) is 0 Å². The molecule has 27 heavy (non-hydrogen) atoms. The molecule has 2 rings (SSSR count). The van der Waals surface area contributed by atoms with Gasteiger partial charge < -0.3 is 15.6 Å². The lowest BCUT2D eigenvalue weighted by molar-refractivity contribution is 0.607. The van der Waals surface area contributed by atoms with E-state index in [4.69, 9.17) is 0 Å². The maximum Gasteiger partial charge on any atom is 0.191 e. The van der Waals surface area contributed by atoms with Gasteiger partial charge in [-0.25, -0.2) is 4.39 Å². The molecule has 2 unspecified atom stereocenters. The van der Waals surface area contributed by atoms with Crippen molar-refractivity contribution in [1.82, 2.24) is 10.3 Å². The van der Waals surface area contributed by atoms with Gasteiger partial charge in [0, 0.05) is 24.7 Å². The van der Waals surface area contributed by atoms with Gasteiger partial charge in [-0.2, -0.15) is 0 Å². The molecule has 2 heterocycles. The third-order valence-corrected chi connectivity index (χ3v) is 7.44. The van der Waals surface area contributed by atoms with Crippen LogP contribution in [0.1, 0.15) is 24.6 Å². The van der Waals surface area contributed by atoms with E-state index in [0.29, 0.717) is 30.2 Å². The van der Waals surface area contributed by atoms with Gasteiger partial charge in [0.1, 0.15) is 11.6 Å². The smallest absolute Gasteiger partial charge is 0.191 e. The average molecular weight is 454 g/mol. The molecule has 0 fully saturated rings. The largest absolute Gasteiger partial charge is 0.371 e. The molecule has 0 saturated heterocycles. The molecule has 0 amide bonds. The van der Waals surface area contributed by atoms with Crippen molar-refractivity contribution in [3.63, 3.8) is 0 Å². The van der Waals surface area contributed by atoms with Crippen LogP contribution in [0.2, 0.25) is 0 Å². The van der Waals surface area contributed by atoms with E-state index < -0.39 is 0 Å². The predicted molar refractivity (Wildman–Crippen MR) is 120 cm³/mol. The first-order chi connectivity index (χ1) is 12.9. The first kappa shape index (κ1) is 21.7. The number of H-pyrrole nitrogens is 1. The van der Waals surface area contributed by atoms with Gasteiger partial charge in [0.15, 0.2) is 5.43 Å². The van der Waals surface area contributed by atoms with Crippen molar-refractivity contribution in [2.45, 2.75) is 23.4 Å². The summed E-state index contributed by atoms with van der Waals surface area (Å²) in [6.45, 7) is 15.0. The van der Waals surface area contributed by atoms with Crippen LogP contribution in [-0.4, -0.2) is 34.7 Å². The molecule has 0 aliphatic carbocycles. The Morgan fingerprint density at radius 3 is 2.74 bits per heavy atom. The summed E-state index contributed by atoms with van der Waals surface area (Å²) >= 11 is 5.07. The Labute approximate surface area is 172 Å². The number of halogens is 2. The van der Waals surface area contributed by atoms with E-state index in [1.165, 1.54) is 23.9 Å². The summed E-state index contributed by atoms with van der Waals surface area (Å²) < 4.78 is 13.4. The van der Waals surface area contributed by atoms with Crippen molar-refractivity contribution in [3.05, 3.63) is 63.6 Å². The van der Waals surface area contributed by atoms with Crippen molar-refractivity contribution in [3.8, 4) is 0 Å². The van der Waals surface area contributed by atoms with E-state index in [9.17, 15) is 9.18 Å². The minimum absolute atomic E-state index is 0.00730. The summed E-state index contributed by atoms with van der Waals surface area (Å²) in [5, 5.41) is 6.36. The first-order valence-electron chi connectivity index (χ1n) is 8.70. The summed E-state index contributed by atoms with van der Waals surface area (Å²) in [6.07, 6.45) is 4.02. The number of anilines is 1. The van der Waals surface area contributed by atoms with Gasteiger partial charge in [0.05, 0.1) is 15.8 Å². The van der Waals surface area contributed by atoms with Crippen molar-refractivity contribution in [2.75, 3.05) is 25.0 Å². The van der Waals surface area contributed by atoms with Crippen molar-refractivity contribution in [2.24, 2.45) is 0 Å². The Balaban J connectivity index is 1.76. The van der Waals surface area contributed by atoms with E-state index >= 15 is 0 Å². The van der Waals surface area contributed by atoms with E-state index in [1.807, 2.05) is 6.92 Å². The highest BCUT2D eigenvalue weighted by Crippen LogP contribution is 2.44. The molecule has 0 radical (unpaired) electrons. The zero-order valence-electron chi connectivity index (χ0n) is 15.4. The topological polar surface area (TPSA) is 56.9 Å². The molecule has 1 aliphatic rings. The van der Waals surface area contributed by atoms with Crippen LogP contribution in [-0.2, 0) is 0 Å². The summed E-state index contributed by atoms with van der Waals surface area (Å²) in [5.41, 5.74) is 2.25. The van der Waals surface area contributed by atoms with Gasteiger partial charge in [-0.05, 0) is 36.4 Å². The number of rotatable bonds is 10. The lowest BCUT2D eigenvalue weighted by atomic mass is 10.1. The minimum atomic E-state index is -0.296. The van der Waals surface area contributed by atoms with Crippen LogP contribution in [0.5, 0.6) is 0 Å². The molecular weight excluding hydrogens is 429 g/mol. The number of thioether (sulfide) groups is 1. The normalized spacial score (nSPS) is 19.2. The van der Waals surface area contributed by atoms with E-state index in [2.05, 4.69) is 51.3 Å². The molecule has 0 bridgehead atoms. The molecule has 0 spiro atoms. The summed E-state index contributed by atoms with van der Waals surface area (Å²) in [6, 6.07) is 1.53. The van der Waals surface area contributed by atoms with Gasteiger partial charge in [-0.1, -0.05) is 41.7 Å². The average Bonchev–Trinajstić information content (AvgIpc) is 2.92. The molecule has 7 heteroatoms. The molecule has 2 atom stereocenters. The lowest BCUT2D eigenvalue weighted by Gasteiger charge is -2.11. The van der Waals surface area contributed by atoms with Gasteiger partial charge in [-0.3, -0.25) is 4.79 Å². The monoisotopic (exact) mass is 453 g/mol. The minimum Gasteiger partial charge on any atom is -0.371 e. The number of aromatic amines is 1. The molecule has 1 aromatic rings. The zero-order chi connectivity index (χ0) is 20.0. The highest BCUT2D eigenvalue weighted by atomic mass is 79.9. The van der Waals surface area contributed by atoms with Crippen LogP contribution in [0.25, 0.3) is 12.2 Å². The fourth-order valence-electron chi connectivity index (χ4n) is 2.79. The first-order valence-corrected chi connectivity index (χ1v) is 10.5. The fraction of sp³-hybridized carbons (Fsp3) is 0.350. The molecule has 3 N–H and O–H groups in total. The van der Waals surface area contributed by atoms with E-state index in [-0.39, 0.29) is 21.3 Å². The molecule has 0 saturated carbocycles.